The summed E-state index contributed by atoms with van der Waals surface area (Å²) in [6.45, 7) is 4.03. The molecule has 5 heteroatoms. The zero-order valence-electron chi connectivity index (χ0n) is 20.2. The second kappa shape index (κ2) is 10.5. The Bertz CT molecular complexity index is 1250. The van der Waals surface area contributed by atoms with Gasteiger partial charge in [-0.3, -0.25) is 4.79 Å². The van der Waals surface area contributed by atoms with E-state index in [1.54, 1.807) is 11.8 Å². The number of fused-ring (bicyclic) bond motifs is 3. The number of amides is 1. The van der Waals surface area contributed by atoms with Gasteiger partial charge in [-0.15, -0.1) is 11.8 Å². The Balaban J connectivity index is 1.23. The van der Waals surface area contributed by atoms with Crippen LogP contribution in [0.3, 0.4) is 0 Å². The second-order valence-corrected chi connectivity index (χ2v) is 10.4. The van der Waals surface area contributed by atoms with E-state index in [0.717, 1.165) is 23.4 Å². The average molecular weight is 482 g/mol. The van der Waals surface area contributed by atoms with E-state index in [1.807, 2.05) is 6.92 Å². The largest absolute Gasteiger partial charge is 0.378 e. The van der Waals surface area contributed by atoms with Crippen LogP contribution < -0.4 is 10.7 Å². The first kappa shape index (κ1) is 23.4. The highest BCUT2D eigenvalue weighted by Gasteiger charge is 2.37. The highest BCUT2D eigenvalue weighted by Crippen LogP contribution is 2.49. The molecular formula is C30H31N3OS. The third kappa shape index (κ3) is 5.35. The van der Waals surface area contributed by atoms with Crippen LogP contribution in [0.1, 0.15) is 53.1 Å². The molecule has 1 amide bonds. The molecule has 35 heavy (non-hydrogen) atoms. The number of hydrogen-bond acceptors (Lipinski definition) is 4. The Morgan fingerprint density at radius 2 is 1.89 bits per heavy atom. The van der Waals surface area contributed by atoms with Crippen LogP contribution in [0.15, 0.2) is 90.0 Å². The van der Waals surface area contributed by atoms with Crippen molar-refractivity contribution >= 4 is 29.1 Å². The van der Waals surface area contributed by atoms with E-state index in [2.05, 4.69) is 108 Å². The number of nitrogens with zero attached hydrogens (tertiary/aromatic N) is 1. The first-order chi connectivity index (χ1) is 17.1. The zero-order valence-corrected chi connectivity index (χ0v) is 21.0. The van der Waals surface area contributed by atoms with Crippen LogP contribution in [0.4, 0.5) is 5.69 Å². The van der Waals surface area contributed by atoms with Crippen molar-refractivity contribution < 1.29 is 4.79 Å². The molecule has 178 valence electrons. The summed E-state index contributed by atoms with van der Waals surface area (Å²) in [6.07, 6.45) is 5.73. The van der Waals surface area contributed by atoms with E-state index < -0.39 is 0 Å². The van der Waals surface area contributed by atoms with Crippen molar-refractivity contribution in [3.05, 3.63) is 113 Å². The van der Waals surface area contributed by atoms with Gasteiger partial charge in [-0.2, -0.15) is 5.10 Å². The summed E-state index contributed by atoms with van der Waals surface area (Å²) in [5.41, 5.74) is 10.9. The summed E-state index contributed by atoms with van der Waals surface area (Å²) >= 11 is 1.60. The number of benzene rings is 3. The minimum absolute atomic E-state index is 0.0782. The summed E-state index contributed by atoms with van der Waals surface area (Å²) in [7, 11) is 0. The van der Waals surface area contributed by atoms with Gasteiger partial charge < -0.3 is 5.32 Å². The Morgan fingerprint density at radius 1 is 1.09 bits per heavy atom. The maximum Gasteiger partial charge on any atom is 0.250 e. The highest BCUT2D eigenvalue weighted by atomic mass is 32.2. The third-order valence-electron chi connectivity index (χ3n) is 6.91. The van der Waals surface area contributed by atoms with Crippen molar-refractivity contribution in [3.8, 4) is 0 Å². The lowest BCUT2D eigenvalue weighted by atomic mass is 9.76. The molecule has 0 fully saturated rings. The normalized spacial score (nSPS) is 20.6. The number of nitrogens with one attached hydrogen (secondary N) is 2. The van der Waals surface area contributed by atoms with Gasteiger partial charge in [0.1, 0.15) is 0 Å². The number of hydrogen-bond donors (Lipinski definition) is 2. The second-order valence-electron chi connectivity index (χ2n) is 9.40. The molecule has 2 aliphatic rings. The van der Waals surface area contributed by atoms with E-state index in [0.29, 0.717) is 23.6 Å². The van der Waals surface area contributed by atoms with E-state index in [-0.39, 0.29) is 5.91 Å². The SMILES string of the molecule is C/C(=N/NC(=O)CSCc1ccc(C)cc1)c1ccc2c(c1)[C@@H]1C=CC[C@@H]1[C@H](c1ccccc1)N2. The molecule has 3 aromatic carbocycles. The molecule has 0 spiro atoms. The van der Waals surface area contributed by atoms with Crippen molar-refractivity contribution in [3.63, 3.8) is 0 Å². The standard InChI is InChI=1S/C30H31N3OS/c1-20-11-13-22(14-12-20)18-35-19-29(34)33-32-21(2)24-15-16-28-27(17-24)25-9-6-10-26(25)30(31-28)23-7-4-3-5-8-23/h3-9,11-17,25-26,30-31H,10,18-19H2,1-2H3,(H,33,34)/b32-21-/t25-,26+,30+/m1/s1. The van der Waals surface area contributed by atoms with Gasteiger partial charge in [0.05, 0.1) is 17.5 Å². The minimum atomic E-state index is -0.0782. The number of carbonyl (C=O) groups excluding carboxylic acids is 1. The van der Waals surface area contributed by atoms with E-state index >= 15 is 0 Å². The van der Waals surface area contributed by atoms with Gasteiger partial charge in [0.15, 0.2) is 0 Å². The first-order valence-corrected chi connectivity index (χ1v) is 13.3. The molecule has 2 N–H and O–H groups in total. The van der Waals surface area contributed by atoms with Gasteiger partial charge in [-0.25, -0.2) is 5.43 Å². The Kier molecular flexibility index (Phi) is 7.05. The van der Waals surface area contributed by atoms with Crippen LogP contribution in [0, 0.1) is 12.8 Å². The predicted molar refractivity (Wildman–Crippen MR) is 147 cm³/mol. The van der Waals surface area contributed by atoms with Crippen LogP contribution in [-0.4, -0.2) is 17.4 Å². The summed E-state index contributed by atoms with van der Waals surface area (Å²) in [6, 6.07) is 25.9. The van der Waals surface area contributed by atoms with Crippen LogP contribution >= 0.6 is 11.8 Å². The van der Waals surface area contributed by atoms with Gasteiger partial charge in [0.2, 0.25) is 5.91 Å². The number of thioether (sulfide) groups is 1. The van der Waals surface area contributed by atoms with Crippen LogP contribution in [0.2, 0.25) is 0 Å². The Hall–Kier alpha value is -3.31. The fourth-order valence-corrected chi connectivity index (χ4v) is 5.78. The molecule has 0 unspecified atom stereocenters. The molecule has 3 atom stereocenters. The number of hydrazone groups is 1. The van der Waals surface area contributed by atoms with E-state index in [1.165, 1.54) is 27.9 Å². The number of carbonyl (C=O) groups is 1. The molecule has 4 nitrogen and oxygen atoms in total. The molecular weight excluding hydrogens is 450 g/mol. The fourth-order valence-electron chi connectivity index (χ4n) is 5.00. The molecule has 3 aromatic rings. The maximum absolute atomic E-state index is 12.3. The van der Waals surface area contributed by atoms with Crippen molar-refractivity contribution in [1.29, 1.82) is 0 Å². The molecule has 1 aliphatic carbocycles. The number of allylic oxidation sites excluding steroid dienone is 2. The molecule has 1 heterocycles. The lowest BCUT2D eigenvalue weighted by molar-refractivity contribution is -0.118. The van der Waals surface area contributed by atoms with Gasteiger partial charge in [-0.05, 0) is 60.6 Å². The van der Waals surface area contributed by atoms with Crippen molar-refractivity contribution in [1.82, 2.24) is 5.43 Å². The van der Waals surface area contributed by atoms with Crippen molar-refractivity contribution in [2.75, 3.05) is 11.1 Å². The topological polar surface area (TPSA) is 53.5 Å². The molecule has 0 bridgehead atoms. The van der Waals surface area contributed by atoms with Gasteiger partial charge in [0, 0.05) is 17.4 Å². The molecule has 0 saturated carbocycles. The van der Waals surface area contributed by atoms with E-state index in [4.69, 9.17) is 0 Å². The summed E-state index contributed by atoms with van der Waals surface area (Å²) in [5, 5.41) is 8.18. The predicted octanol–water partition coefficient (Wildman–Crippen LogP) is 6.60. The molecule has 0 aromatic heterocycles. The Morgan fingerprint density at radius 3 is 2.69 bits per heavy atom. The molecule has 0 radical (unpaired) electrons. The van der Waals surface area contributed by atoms with Crippen LogP contribution in [0.25, 0.3) is 0 Å². The molecule has 0 saturated heterocycles. The van der Waals surface area contributed by atoms with Crippen LogP contribution in [-0.2, 0) is 10.5 Å². The quantitative estimate of drug-likeness (QED) is 0.227. The first-order valence-electron chi connectivity index (χ1n) is 12.2. The van der Waals surface area contributed by atoms with E-state index in [9.17, 15) is 4.79 Å². The lowest BCUT2D eigenvalue weighted by Gasteiger charge is -2.37. The Labute approximate surface area is 211 Å². The van der Waals surface area contributed by atoms with Crippen LogP contribution in [0.5, 0.6) is 0 Å². The van der Waals surface area contributed by atoms with Gasteiger partial charge in [0.25, 0.3) is 0 Å². The van der Waals surface area contributed by atoms with Gasteiger partial charge in [-0.1, -0.05) is 78.4 Å². The highest BCUT2D eigenvalue weighted by molar-refractivity contribution is 7.99. The fraction of sp³-hybridized carbons (Fsp3) is 0.267. The minimum Gasteiger partial charge on any atom is -0.378 e. The average Bonchev–Trinajstić information content (AvgIpc) is 3.39. The summed E-state index contributed by atoms with van der Waals surface area (Å²) < 4.78 is 0. The smallest absolute Gasteiger partial charge is 0.250 e. The summed E-state index contributed by atoms with van der Waals surface area (Å²) in [5.74, 6) is 2.01. The monoisotopic (exact) mass is 481 g/mol. The molecule has 5 rings (SSSR count). The number of rotatable bonds is 7. The molecule has 1 aliphatic heterocycles. The third-order valence-corrected chi connectivity index (χ3v) is 7.91. The summed E-state index contributed by atoms with van der Waals surface area (Å²) in [4.78, 5) is 12.3. The lowest BCUT2D eigenvalue weighted by Crippen LogP contribution is -2.29. The van der Waals surface area contributed by atoms with Gasteiger partial charge >= 0.3 is 0 Å². The van der Waals surface area contributed by atoms with Crippen molar-refractivity contribution in [2.24, 2.45) is 11.0 Å². The number of aryl methyl sites for hydroxylation is 1. The maximum atomic E-state index is 12.3. The number of anilines is 1. The van der Waals surface area contributed by atoms with Crippen molar-refractivity contribution in [2.45, 2.75) is 38.0 Å². The zero-order chi connectivity index (χ0) is 24.2.